The van der Waals surface area contributed by atoms with Crippen molar-refractivity contribution in [3.8, 4) is 0 Å². The minimum atomic E-state index is -0.453. The molecular weight excluding hydrogens is 338 g/mol. The lowest BCUT2D eigenvalue weighted by molar-refractivity contribution is -0.384. The van der Waals surface area contributed by atoms with Gasteiger partial charge in [-0.2, -0.15) is 0 Å². The molecule has 1 fully saturated rings. The number of hydrogen-bond acceptors (Lipinski definition) is 4. The maximum atomic E-state index is 12.1. The lowest BCUT2D eigenvalue weighted by atomic mass is 10.0. The van der Waals surface area contributed by atoms with Gasteiger partial charge in [0, 0.05) is 28.7 Å². The third-order valence-electron chi connectivity index (χ3n) is 3.59. The topological polar surface area (TPSA) is 84.3 Å². The van der Waals surface area contributed by atoms with E-state index in [2.05, 4.69) is 33.5 Å². The predicted octanol–water partition coefficient (Wildman–Crippen LogP) is 2.16. The highest BCUT2D eigenvalue weighted by Gasteiger charge is 2.20. The zero-order valence-electron chi connectivity index (χ0n) is 11.8. The van der Waals surface area contributed by atoms with Crippen molar-refractivity contribution < 1.29 is 9.72 Å². The van der Waals surface area contributed by atoms with Crippen LogP contribution in [0, 0.1) is 10.1 Å². The number of carbonyl (C=O) groups excluding carboxylic acids is 1. The van der Waals surface area contributed by atoms with Gasteiger partial charge in [0.2, 0.25) is 5.91 Å². The Labute approximate surface area is 131 Å². The number of piperidine rings is 1. The summed E-state index contributed by atoms with van der Waals surface area (Å²) in [4.78, 5) is 22.3. The van der Waals surface area contributed by atoms with E-state index in [0.717, 1.165) is 24.9 Å². The van der Waals surface area contributed by atoms with E-state index in [1.807, 2.05) is 0 Å². The number of non-ortho nitro benzene ring substituents is 1. The Bertz CT molecular complexity index is 550. The van der Waals surface area contributed by atoms with E-state index < -0.39 is 4.92 Å². The van der Waals surface area contributed by atoms with E-state index in [9.17, 15) is 14.9 Å². The first-order chi connectivity index (χ1) is 9.95. The normalized spacial score (nSPS) is 21.8. The average Bonchev–Trinajstić information content (AvgIpc) is 2.40. The van der Waals surface area contributed by atoms with Crippen LogP contribution in [0.3, 0.4) is 0 Å². The van der Waals surface area contributed by atoms with Crippen molar-refractivity contribution >= 4 is 27.5 Å². The van der Waals surface area contributed by atoms with Crippen molar-refractivity contribution in [2.45, 2.75) is 38.3 Å². The number of carbonyl (C=O) groups is 1. The minimum Gasteiger partial charge on any atom is -0.353 e. The molecule has 1 aliphatic rings. The highest BCUT2D eigenvalue weighted by Crippen LogP contribution is 2.23. The second kappa shape index (κ2) is 7.00. The Morgan fingerprint density at radius 1 is 1.57 bits per heavy atom. The number of benzene rings is 1. The molecule has 2 atom stereocenters. The summed E-state index contributed by atoms with van der Waals surface area (Å²) in [7, 11) is 0. The highest BCUT2D eigenvalue weighted by atomic mass is 79.9. The maximum Gasteiger partial charge on any atom is 0.270 e. The van der Waals surface area contributed by atoms with Crippen LogP contribution in [-0.4, -0.2) is 29.5 Å². The number of halogens is 1. The van der Waals surface area contributed by atoms with Gasteiger partial charge >= 0.3 is 0 Å². The zero-order valence-corrected chi connectivity index (χ0v) is 13.4. The van der Waals surface area contributed by atoms with Gasteiger partial charge in [-0.15, -0.1) is 0 Å². The molecule has 6 nitrogen and oxygen atoms in total. The van der Waals surface area contributed by atoms with Gasteiger partial charge in [-0.05, 0) is 31.9 Å². The molecule has 7 heteroatoms. The molecule has 2 unspecified atom stereocenters. The van der Waals surface area contributed by atoms with E-state index >= 15 is 0 Å². The van der Waals surface area contributed by atoms with E-state index in [-0.39, 0.29) is 24.1 Å². The molecule has 1 saturated heterocycles. The fourth-order valence-corrected chi connectivity index (χ4v) is 3.01. The molecule has 0 aliphatic carbocycles. The fourth-order valence-electron chi connectivity index (χ4n) is 2.51. The largest absolute Gasteiger partial charge is 0.353 e. The molecule has 1 aliphatic heterocycles. The first-order valence-corrected chi connectivity index (χ1v) is 7.70. The van der Waals surface area contributed by atoms with Gasteiger partial charge in [0.05, 0.1) is 11.3 Å². The Morgan fingerprint density at radius 2 is 2.33 bits per heavy atom. The van der Waals surface area contributed by atoms with E-state index in [1.54, 1.807) is 6.07 Å². The molecule has 0 radical (unpaired) electrons. The number of amides is 1. The summed E-state index contributed by atoms with van der Waals surface area (Å²) in [5.74, 6) is -0.0522. The third kappa shape index (κ3) is 4.50. The molecule has 2 N–H and O–H groups in total. The summed E-state index contributed by atoms with van der Waals surface area (Å²) in [6, 6.07) is 5.07. The molecule has 0 bridgehead atoms. The Morgan fingerprint density at radius 3 is 2.95 bits per heavy atom. The van der Waals surface area contributed by atoms with Gasteiger partial charge in [0.15, 0.2) is 0 Å². The summed E-state index contributed by atoms with van der Waals surface area (Å²) >= 11 is 3.28. The molecule has 0 aromatic heterocycles. The molecule has 114 valence electrons. The first kappa shape index (κ1) is 15.9. The van der Waals surface area contributed by atoms with E-state index in [4.69, 9.17) is 0 Å². The van der Waals surface area contributed by atoms with Crippen LogP contribution >= 0.6 is 15.9 Å². The van der Waals surface area contributed by atoms with E-state index in [1.165, 1.54) is 12.1 Å². The zero-order chi connectivity index (χ0) is 15.4. The van der Waals surface area contributed by atoms with Crippen LogP contribution in [0.5, 0.6) is 0 Å². The monoisotopic (exact) mass is 355 g/mol. The molecule has 21 heavy (non-hydrogen) atoms. The van der Waals surface area contributed by atoms with Gasteiger partial charge in [-0.25, -0.2) is 0 Å². The smallest absolute Gasteiger partial charge is 0.270 e. The lowest BCUT2D eigenvalue weighted by Crippen LogP contribution is -2.46. The van der Waals surface area contributed by atoms with Crippen LogP contribution in [0.25, 0.3) is 0 Å². The second-order valence-corrected chi connectivity index (χ2v) is 6.21. The minimum absolute atomic E-state index is 0.0122. The third-order valence-corrected chi connectivity index (χ3v) is 4.33. The van der Waals surface area contributed by atoms with Gasteiger partial charge < -0.3 is 10.6 Å². The molecule has 1 amide bonds. The quantitative estimate of drug-likeness (QED) is 0.640. The lowest BCUT2D eigenvalue weighted by Gasteiger charge is -2.28. The van der Waals surface area contributed by atoms with E-state index in [0.29, 0.717) is 10.5 Å². The number of nitro benzene ring substituents is 1. The van der Waals surface area contributed by atoms with Crippen LogP contribution in [0.15, 0.2) is 22.7 Å². The van der Waals surface area contributed by atoms with Crippen LogP contribution in [0.2, 0.25) is 0 Å². The van der Waals surface area contributed by atoms with Crippen LogP contribution < -0.4 is 10.6 Å². The Hall–Kier alpha value is -1.47. The molecule has 1 aromatic rings. The number of nitro groups is 1. The van der Waals surface area contributed by atoms with Crippen LogP contribution in [0.1, 0.15) is 25.3 Å². The van der Waals surface area contributed by atoms with Gasteiger partial charge in [0.25, 0.3) is 5.69 Å². The summed E-state index contributed by atoms with van der Waals surface area (Å²) in [5, 5.41) is 17.0. The Balaban J connectivity index is 1.94. The van der Waals surface area contributed by atoms with Crippen molar-refractivity contribution in [2.24, 2.45) is 0 Å². The van der Waals surface area contributed by atoms with Gasteiger partial charge in [0.1, 0.15) is 0 Å². The summed E-state index contributed by atoms with van der Waals surface area (Å²) in [6.07, 6.45) is 2.07. The van der Waals surface area contributed by atoms with Crippen molar-refractivity contribution in [1.82, 2.24) is 10.6 Å². The Kier molecular flexibility index (Phi) is 5.30. The molecule has 1 aromatic carbocycles. The summed E-state index contributed by atoms with van der Waals surface area (Å²) in [6.45, 7) is 3.01. The molecule has 0 spiro atoms. The van der Waals surface area contributed by atoms with Crippen LogP contribution in [0.4, 0.5) is 5.69 Å². The second-order valence-electron chi connectivity index (χ2n) is 5.35. The molecule has 1 heterocycles. The standard InChI is InChI=1S/C14H18BrN3O3/c1-9-6-11(4-5-16-9)17-14(19)7-10-2-3-12(18(20)21)8-13(10)15/h2-3,8-9,11,16H,4-7H2,1H3,(H,17,19). The van der Waals surface area contributed by atoms with Gasteiger partial charge in [-0.1, -0.05) is 22.0 Å². The van der Waals surface area contributed by atoms with Crippen molar-refractivity contribution in [2.75, 3.05) is 6.54 Å². The average molecular weight is 356 g/mol. The summed E-state index contributed by atoms with van der Waals surface area (Å²) in [5.41, 5.74) is 0.762. The highest BCUT2D eigenvalue weighted by molar-refractivity contribution is 9.10. The molecule has 2 rings (SSSR count). The number of hydrogen-bond donors (Lipinski definition) is 2. The number of nitrogens with zero attached hydrogens (tertiary/aromatic N) is 1. The summed E-state index contributed by atoms with van der Waals surface area (Å²) < 4.78 is 0.588. The van der Waals surface area contributed by atoms with Crippen molar-refractivity contribution in [3.05, 3.63) is 38.3 Å². The fraction of sp³-hybridized carbons (Fsp3) is 0.500. The maximum absolute atomic E-state index is 12.1. The predicted molar refractivity (Wildman–Crippen MR) is 83.1 cm³/mol. The molecule has 0 saturated carbocycles. The SMILES string of the molecule is CC1CC(NC(=O)Cc2ccc([N+](=O)[O-])cc2Br)CCN1. The van der Waals surface area contributed by atoms with Crippen molar-refractivity contribution in [3.63, 3.8) is 0 Å². The molecular formula is C14H18BrN3O3. The number of nitrogens with one attached hydrogen (secondary N) is 2. The van der Waals surface area contributed by atoms with Crippen LogP contribution in [-0.2, 0) is 11.2 Å². The van der Waals surface area contributed by atoms with Crippen molar-refractivity contribution in [1.29, 1.82) is 0 Å². The number of rotatable bonds is 4. The first-order valence-electron chi connectivity index (χ1n) is 6.91. The van der Waals surface area contributed by atoms with Gasteiger partial charge in [-0.3, -0.25) is 14.9 Å².